The summed E-state index contributed by atoms with van der Waals surface area (Å²) in [5.41, 5.74) is 6.70. The average Bonchev–Trinajstić information content (AvgIpc) is 2.45. The number of hydrogen-bond donors (Lipinski definition) is 4. The van der Waals surface area contributed by atoms with Gasteiger partial charge in [0.05, 0.1) is 23.5 Å². The van der Waals surface area contributed by atoms with Crippen LogP contribution in [0.2, 0.25) is 0 Å². The molecule has 5 N–H and O–H groups in total. The molecule has 110 valence electrons. The van der Waals surface area contributed by atoms with Crippen LogP contribution in [0.15, 0.2) is 42.5 Å². The fraction of sp³-hybridized carbons (Fsp3) is 0.133. The van der Waals surface area contributed by atoms with Gasteiger partial charge in [-0.05, 0) is 24.3 Å². The molecular formula is C15H16N2O4. The summed E-state index contributed by atoms with van der Waals surface area (Å²) in [5, 5.41) is 28.2. The van der Waals surface area contributed by atoms with Gasteiger partial charge in [0.2, 0.25) is 0 Å². The van der Waals surface area contributed by atoms with Crippen molar-refractivity contribution in [3.63, 3.8) is 0 Å². The number of benzene rings is 2. The Balaban J connectivity index is 2.43. The second kappa shape index (κ2) is 6.15. The van der Waals surface area contributed by atoms with Gasteiger partial charge in [-0.1, -0.05) is 12.1 Å². The van der Waals surface area contributed by atoms with E-state index < -0.39 is 5.91 Å². The van der Waals surface area contributed by atoms with Crippen LogP contribution < -0.4 is 10.6 Å². The number of rotatable bonds is 4. The number of nitrogen functional groups attached to an aromatic ring is 1. The smallest absolute Gasteiger partial charge is 0.262 e. The van der Waals surface area contributed by atoms with Gasteiger partial charge in [0, 0.05) is 12.6 Å². The first-order valence-corrected chi connectivity index (χ1v) is 6.34. The number of phenolic OH excluding ortho intramolecular Hbond substituents is 2. The molecule has 0 saturated heterocycles. The Morgan fingerprint density at radius 3 is 2.48 bits per heavy atom. The topological polar surface area (TPSA) is 107 Å². The standard InChI is InChI=1S/C15H16N2O4/c16-12-3-1-2-4-13(12)17(7-8-18)15(21)11-6-5-10(19)9-14(11)20/h1-6,9,18-20H,7-8,16H2. The molecule has 0 saturated carbocycles. The molecule has 0 spiro atoms. The maximum atomic E-state index is 12.5. The second-order valence-electron chi connectivity index (χ2n) is 4.44. The van der Waals surface area contributed by atoms with Crippen LogP contribution in [0, 0.1) is 0 Å². The largest absolute Gasteiger partial charge is 0.508 e. The molecule has 0 atom stereocenters. The Kier molecular flexibility index (Phi) is 4.30. The van der Waals surface area contributed by atoms with Crippen LogP contribution in [-0.4, -0.2) is 34.4 Å². The Hall–Kier alpha value is -2.73. The van der Waals surface area contributed by atoms with Crippen LogP contribution >= 0.6 is 0 Å². The summed E-state index contributed by atoms with van der Waals surface area (Å²) in [6.45, 7) is -0.216. The van der Waals surface area contributed by atoms with Gasteiger partial charge in [0.25, 0.3) is 5.91 Å². The summed E-state index contributed by atoms with van der Waals surface area (Å²) in [6.07, 6.45) is 0. The number of carbonyl (C=O) groups is 1. The minimum Gasteiger partial charge on any atom is -0.508 e. The van der Waals surface area contributed by atoms with E-state index in [4.69, 9.17) is 10.8 Å². The third kappa shape index (κ3) is 3.06. The second-order valence-corrected chi connectivity index (χ2v) is 4.44. The van der Waals surface area contributed by atoms with E-state index in [1.807, 2.05) is 0 Å². The molecule has 0 aliphatic rings. The van der Waals surface area contributed by atoms with Crippen LogP contribution in [0.3, 0.4) is 0 Å². The monoisotopic (exact) mass is 288 g/mol. The van der Waals surface area contributed by atoms with E-state index >= 15 is 0 Å². The Labute approximate surface area is 121 Å². The number of anilines is 2. The molecule has 0 radical (unpaired) electrons. The lowest BCUT2D eigenvalue weighted by molar-refractivity contribution is 0.0978. The molecule has 6 heteroatoms. The zero-order valence-electron chi connectivity index (χ0n) is 11.2. The third-order valence-corrected chi connectivity index (χ3v) is 3.01. The highest BCUT2D eigenvalue weighted by Crippen LogP contribution is 2.28. The molecule has 2 rings (SSSR count). The minimum absolute atomic E-state index is 0.0181. The van der Waals surface area contributed by atoms with Crippen molar-refractivity contribution in [2.75, 3.05) is 23.8 Å². The van der Waals surface area contributed by atoms with Crippen molar-refractivity contribution in [2.45, 2.75) is 0 Å². The van der Waals surface area contributed by atoms with Crippen molar-refractivity contribution in [3.8, 4) is 11.5 Å². The van der Waals surface area contributed by atoms with E-state index in [0.717, 1.165) is 6.07 Å². The molecule has 2 aromatic carbocycles. The number of nitrogens with two attached hydrogens (primary N) is 1. The van der Waals surface area contributed by atoms with Crippen LogP contribution in [0.1, 0.15) is 10.4 Å². The Bertz CT molecular complexity index is 658. The number of phenols is 2. The lowest BCUT2D eigenvalue weighted by atomic mass is 10.1. The van der Waals surface area contributed by atoms with Crippen molar-refractivity contribution in [2.24, 2.45) is 0 Å². The highest BCUT2D eigenvalue weighted by molar-refractivity contribution is 6.09. The number of amides is 1. The number of para-hydroxylation sites is 2. The minimum atomic E-state index is -0.514. The van der Waals surface area contributed by atoms with Crippen LogP contribution in [-0.2, 0) is 0 Å². The van der Waals surface area contributed by atoms with Crippen molar-refractivity contribution < 1.29 is 20.1 Å². The van der Waals surface area contributed by atoms with E-state index in [2.05, 4.69) is 0 Å². The summed E-state index contributed by atoms with van der Waals surface area (Å²) in [6, 6.07) is 10.5. The summed E-state index contributed by atoms with van der Waals surface area (Å²) in [4.78, 5) is 13.8. The normalized spacial score (nSPS) is 10.3. The number of aliphatic hydroxyl groups is 1. The fourth-order valence-electron chi connectivity index (χ4n) is 2.01. The third-order valence-electron chi connectivity index (χ3n) is 3.01. The molecule has 21 heavy (non-hydrogen) atoms. The molecule has 0 unspecified atom stereocenters. The molecular weight excluding hydrogens is 272 g/mol. The number of carbonyl (C=O) groups excluding carboxylic acids is 1. The van der Waals surface area contributed by atoms with Gasteiger partial charge in [0.1, 0.15) is 11.5 Å². The van der Waals surface area contributed by atoms with E-state index in [1.165, 1.54) is 17.0 Å². The van der Waals surface area contributed by atoms with E-state index in [1.54, 1.807) is 24.3 Å². The molecule has 0 heterocycles. The average molecular weight is 288 g/mol. The molecule has 1 amide bonds. The van der Waals surface area contributed by atoms with Gasteiger partial charge < -0.3 is 26.0 Å². The van der Waals surface area contributed by atoms with Crippen molar-refractivity contribution >= 4 is 17.3 Å². The molecule has 2 aromatic rings. The first kappa shape index (κ1) is 14.7. The van der Waals surface area contributed by atoms with Gasteiger partial charge in [-0.25, -0.2) is 0 Å². The summed E-state index contributed by atoms with van der Waals surface area (Å²) < 4.78 is 0. The lowest BCUT2D eigenvalue weighted by Gasteiger charge is -2.23. The van der Waals surface area contributed by atoms with Crippen LogP contribution in [0.5, 0.6) is 11.5 Å². The van der Waals surface area contributed by atoms with Crippen molar-refractivity contribution in [3.05, 3.63) is 48.0 Å². The van der Waals surface area contributed by atoms with Gasteiger partial charge in [-0.2, -0.15) is 0 Å². The molecule has 0 aliphatic heterocycles. The zero-order chi connectivity index (χ0) is 15.4. The quantitative estimate of drug-likeness (QED) is 0.635. The maximum absolute atomic E-state index is 12.5. The van der Waals surface area contributed by atoms with E-state index in [9.17, 15) is 15.0 Å². The number of aromatic hydroxyl groups is 2. The molecule has 0 aliphatic carbocycles. The van der Waals surface area contributed by atoms with Gasteiger partial charge in [0.15, 0.2) is 0 Å². The highest BCUT2D eigenvalue weighted by Gasteiger charge is 2.21. The van der Waals surface area contributed by atoms with Gasteiger partial charge in [-0.15, -0.1) is 0 Å². The number of nitrogens with zero attached hydrogens (tertiary/aromatic N) is 1. The number of hydrogen-bond acceptors (Lipinski definition) is 5. The van der Waals surface area contributed by atoms with Crippen molar-refractivity contribution in [1.82, 2.24) is 0 Å². The summed E-state index contributed by atoms with van der Waals surface area (Å²) in [7, 11) is 0. The predicted octanol–water partition coefficient (Wildman–Crippen LogP) is 1.32. The van der Waals surface area contributed by atoms with Crippen molar-refractivity contribution in [1.29, 1.82) is 0 Å². The van der Waals surface area contributed by atoms with Crippen LogP contribution in [0.4, 0.5) is 11.4 Å². The molecule has 0 aromatic heterocycles. The number of aliphatic hydroxyl groups excluding tert-OH is 1. The molecule has 0 bridgehead atoms. The fourth-order valence-corrected chi connectivity index (χ4v) is 2.01. The SMILES string of the molecule is Nc1ccccc1N(CCO)C(=O)c1ccc(O)cc1O. The highest BCUT2D eigenvalue weighted by atomic mass is 16.3. The van der Waals surface area contributed by atoms with Crippen LogP contribution in [0.25, 0.3) is 0 Å². The first-order valence-electron chi connectivity index (χ1n) is 6.34. The molecule has 0 fully saturated rings. The first-order chi connectivity index (χ1) is 10.0. The lowest BCUT2D eigenvalue weighted by Crippen LogP contribution is -2.34. The Morgan fingerprint density at radius 2 is 1.86 bits per heavy atom. The predicted molar refractivity (Wildman–Crippen MR) is 79.4 cm³/mol. The van der Waals surface area contributed by atoms with E-state index in [0.29, 0.717) is 11.4 Å². The van der Waals surface area contributed by atoms with Gasteiger partial charge in [-0.3, -0.25) is 4.79 Å². The Morgan fingerprint density at radius 1 is 1.14 bits per heavy atom. The summed E-state index contributed by atoms with van der Waals surface area (Å²) >= 11 is 0. The summed E-state index contributed by atoms with van der Waals surface area (Å²) in [5.74, 6) is -0.992. The van der Waals surface area contributed by atoms with Gasteiger partial charge >= 0.3 is 0 Å². The molecule has 6 nitrogen and oxygen atoms in total. The zero-order valence-corrected chi connectivity index (χ0v) is 11.2. The van der Waals surface area contributed by atoms with E-state index in [-0.39, 0.29) is 30.2 Å². The maximum Gasteiger partial charge on any atom is 0.262 e.